The molecular weight excluding hydrogens is 428 g/mol. The molecule has 3 aromatic rings. The molecule has 1 fully saturated rings. The van der Waals surface area contributed by atoms with E-state index in [1.807, 2.05) is 35.0 Å². The Hall–Kier alpha value is -4.11. The summed E-state index contributed by atoms with van der Waals surface area (Å²) in [5, 5.41) is 14.4. The predicted octanol–water partition coefficient (Wildman–Crippen LogP) is 3.41. The van der Waals surface area contributed by atoms with Gasteiger partial charge in [-0.25, -0.2) is 0 Å². The van der Waals surface area contributed by atoms with E-state index in [0.29, 0.717) is 12.1 Å². The van der Waals surface area contributed by atoms with Gasteiger partial charge in [-0.15, -0.1) is 6.58 Å². The molecule has 9 heteroatoms. The topological polar surface area (TPSA) is 97.5 Å². The first-order chi connectivity index (χ1) is 15.4. The highest BCUT2D eigenvalue weighted by Gasteiger charge is 2.32. The second-order valence-corrected chi connectivity index (χ2v) is 7.56. The van der Waals surface area contributed by atoms with Crippen molar-refractivity contribution in [3.63, 3.8) is 0 Å². The molecule has 0 unspecified atom stereocenters. The third kappa shape index (κ3) is 3.93. The van der Waals surface area contributed by atoms with Crippen LogP contribution in [0.1, 0.15) is 11.1 Å². The molecule has 8 nitrogen and oxygen atoms in total. The maximum atomic E-state index is 12.9. The van der Waals surface area contributed by atoms with Gasteiger partial charge in [-0.2, -0.15) is 0 Å². The second-order valence-electron chi connectivity index (χ2n) is 7.17. The molecule has 32 heavy (non-hydrogen) atoms. The largest absolute Gasteiger partial charge is 0.342 e. The second kappa shape index (κ2) is 8.56. The number of para-hydroxylation sites is 1. The van der Waals surface area contributed by atoms with Crippen LogP contribution in [0, 0.1) is 10.1 Å². The minimum Gasteiger partial charge on any atom is -0.342 e. The number of nitro benzene ring substituents is 1. The van der Waals surface area contributed by atoms with Gasteiger partial charge in [-0.3, -0.25) is 29.9 Å². The van der Waals surface area contributed by atoms with Gasteiger partial charge in [-0.1, -0.05) is 36.4 Å². The van der Waals surface area contributed by atoms with Crippen LogP contribution in [-0.2, 0) is 16.1 Å². The Morgan fingerprint density at radius 3 is 2.53 bits per heavy atom. The molecule has 0 atom stereocenters. The van der Waals surface area contributed by atoms with E-state index in [1.54, 1.807) is 18.2 Å². The summed E-state index contributed by atoms with van der Waals surface area (Å²) in [6.07, 6.45) is 4.95. The minimum absolute atomic E-state index is 0.0151. The van der Waals surface area contributed by atoms with Gasteiger partial charge in [0.1, 0.15) is 5.57 Å². The van der Waals surface area contributed by atoms with E-state index >= 15 is 0 Å². The summed E-state index contributed by atoms with van der Waals surface area (Å²) in [5.74, 6) is -1.03. The highest BCUT2D eigenvalue weighted by molar-refractivity contribution is 7.80. The average Bonchev–Trinajstić information content (AvgIpc) is 3.12. The van der Waals surface area contributed by atoms with Crippen molar-refractivity contribution >= 4 is 51.8 Å². The maximum Gasteiger partial charge on any atom is 0.269 e. The summed E-state index contributed by atoms with van der Waals surface area (Å²) in [6, 6.07) is 14.0. The lowest BCUT2D eigenvalue weighted by Gasteiger charge is -2.27. The van der Waals surface area contributed by atoms with Crippen molar-refractivity contribution in [2.75, 3.05) is 6.54 Å². The molecule has 0 saturated carbocycles. The van der Waals surface area contributed by atoms with E-state index in [-0.39, 0.29) is 22.9 Å². The molecule has 0 bridgehead atoms. The van der Waals surface area contributed by atoms with E-state index in [0.717, 1.165) is 16.5 Å². The minimum atomic E-state index is -0.549. The third-order valence-corrected chi connectivity index (χ3v) is 5.44. The number of hydrogen-bond acceptors (Lipinski definition) is 5. The van der Waals surface area contributed by atoms with E-state index in [9.17, 15) is 19.7 Å². The van der Waals surface area contributed by atoms with E-state index in [4.69, 9.17) is 12.2 Å². The number of carbonyl (C=O) groups is 2. The number of thiocarbonyl (C=S) groups is 1. The van der Waals surface area contributed by atoms with Crippen molar-refractivity contribution < 1.29 is 14.5 Å². The first kappa shape index (κ1) is 21.1. The number of hydrogen-bond donors (Lipinski definition) is 1. The number of fused-ring (bicyclic) bond motifs is 1. The van der Waals surface area contributed by atoms with Crippen LogP contribution in [-0.4, -0.2) is 37.9 Å². The summed E-state index contributed by atoms with van der Waals surface area (Å²) in [7, 11) is 0. The van der Waals surface area contributed by atoms with E-state index in [1.165, 1.54) is 23.1 Å². The number of rotatable bonds is 6. The molecule has 2 aromatic carbocycles. The molecule has 1 aromatic heterocycles. The van der Waals surface area contributed by atoms with Crippen LogP contribution in [0.4, 0.5) is 5.69 Å². The van der Waals surface area contributed by atoms with Gasteiger partial charge in [0, 0.05) is 47.9 Å². The van der Waals surface area contributed by atoms with Gasteiger partial charge < -0.3 is 4.57 Å². The number of nitro groups is 1. The van der Waals surface area contributed by atoms with Crippen LogP contribution in [0.3, 0.4) is 0 Å². The van der Waals surface area contributed by atoms with Crippen molar-refractivity contribution in [2.45, 2.75) is 6.54 Å². The lowest BCUT2D eigenvalue weighted by molar-refractivity contribution is -0.384. The summed E-state index contributed by atoms with van der Waals surface area (Å²) >= 11 is 5.10. The standard InChI is InChI=1S/C23H18N4O4S/c1-2-11-26-22(29)19(21(28)24-23(26)32)12-16-14-25(20-6-4-3-5-18(16)20)13-15-7-9-17(10-8-15)27(30)31/h2-10,12,14H,1,11,13H2,(H,24,28,32). The van der Waals surface area contributed by atoms with Gasteiger partial charge in [0.05, 0.1) is 4.92 Å². The maximum absolute atomic E-state index is 12.9. The van der Waals surface area contributed by atoms with E-state index < -0.39 is 16.7 Å². The zero-order valence-electron chi connectivity index (χ0n) is 16.9. The zero-order chi connectivity index (χ0) is 22.8. The first-order valence-corrected chi connectivity index (χ1v) is 10.1. The molecule has 0 aliphatic carbocycles. The predicted molar refractivity (Wildman–Crippen MR) is 125 cm³/mol. The van der Waals surface area contributed by atoms with Crippen LogP contribution in [0.25, 0.3) is 17.0 Å². The lowest BCUT2D eigenvalue weighted by Crippen LogP contribution is -2.53. The SMILES string of the molecule is C=CCN1C(=O)C(=Cc2cn(Cc3ccc([N+](=O)[O-])cc3)c3ccccc23)C(=O)NC1=S. The molecule has 4 rings (SSSR count). The summed E-state index contributed by atoms with van der Waals surface area (Å²) in [6.45, 7) is 4.28. The first-order valence-electron chi connectivity index (χ1n) is 9.70. The molecule has 2 heterocycles. The zero-order valence-corrected chi connectivity index (χ0v) is 17.7. The third-order valence-electron chi connectivity index (χ3n) is 5.12. The Balaban J connectivity index is 1.73. The van der Waals surface area contributed by atoms with Crippen molar-refractivity contribution in [3.8, 4) is 0 Å². The monoisotopic (exact) mass is 446 g/mol. The molecule has 1 saturated heterocycles. The Morgan fingerprint density at radius 1 is 1.12 bits per heavy atom. The number of benzene rings is 2. The number of aromatic nitrogens is 1. The molecule has 1 aliphatic rings. The van der Waals surface area contributed by atoms with Gasteiger partial charge in [-0.05, 0) is 29.9 Å². The van der Waals surface area contributed by atoms with Gasteiger partial charge in [0.2, 0.25) is 0 Å². The quantitative estimate of drug-likeness (QED) is 0.156. The molecule has 0 radical (unpaired) electrons. The van der Waals surface area contributed by atoms with Crippen LogP contribution in [0.5, 0.6) is 0 Å². The van der Waals surface area contributed by atoms with Crippen molar-refractivity contribution in [1.82, 2.24) is 14.8 Å². The number of carbonyl (C=O) groups excluding carboxylic acids is 2. The molecule has 0 spiro atoms. The summed E-state index contributed by atoms with van der Waals surface area (Å²) in [5.41, 5.74) is 2.50. The fourth-order valence-corrected chi connectivity index (χ4v) is 3.84. The summed E-state index contributed by atoms with van der Waals surface area (Å²) < 4.78 is 1.97. The van der Waals surface area contributed by atoms with Crippen LogP contribution in [0.15, 0.2) is 73.0 Å². The number of nitrogens with one attached hydrogen (secondary N) is 1. The van der Waals surface area contributed by atoms with Crippen LogP contribution >= 0.6 is 12.2 Å². The molecule has 1 N–H and O–H groups in total. The molecule has 2 amide bonds. The average molecular weight is 446 g/mol. The highest BCUT2D eigenvalue weighted by Crippen LogP contribution is 2.26. The number of amides is 2. The lowest BCUT2D eigenvalue weighted by atomic mass is 10.1. The van der Waals surface area contributed by atoms with E-state index in [2.05, 4.69) is 11.9 Å². The van der Waals surface area contributed by atoms with Crippen molar-refractivity contribution in [3.05, 3.63) is 94.2 Å². The van der Waals surface area contributed by atoms with Gasteiger partial charge >= 0.3 is 0 Å². The van der Waals surface area contributed by atoms with Crippen LogP contribution in [0.2, 0.25) is 0 Å². The van der Waals surface area contributed by atoms with Gasteiger partial charge in [0.15, 0.2) is 5.11 Å². The Labute approximate surface area is 188 Å². The molecule has 160 valence electrons. The fraction of sp³-hybridized carbons (Fsp3) is 0.0870. The van der Waals surface area contributed by atoms with Crippen molar-refractivity contribution in [1.29, 1.82) is 0 Å². The fourth-order valence-electron chi connectivity index (χ4n) is 3.59. The number of non-ortho nitro benzene ring substituents is 1. The Morgan fingerprint density at radius 2 is 1.84 bits per heavy atom. The highest BCUT2D eigenvalue weighted by atomic mass is 32.1. The summed E-state index contributed by atoms with van der Waals surface area (Å²) in [4.78, 5) is 37.1. The number of nitrogens with zero attached hydrogens (tertiary/aromatic N) is 3. The smallest absolute Gasteiger partial charge is 0.269 e. The van der Waals surface area contributed by atoms with Gasteiger partial charge in [0.25, 0.3) is 17.5 Å². The molecule has 1 aliphatic heterocycles. The van der Waals surface area contributed by atoms with Crippen LogP contribution < -0.4 is 5.32 Å². The van der Waals surface area contributed by atoms with Crippen molar-refractivity contribution in [2.24, 2.45) is 0 Å². The Kier molecular flexibility index (Phi) is 5.65. The normalized spacial score (nSPS) is 15.3. The molecular formula is C23H18N4O4S. The Bertz CT molecular complexity index is 1310.